The molecule has 0 saturated heterocycles. The van der Waals surface area contributed by atoms with E-state index in [1.165, 1.54) is 5.01 Å². The van der Waals surface area contributed by atoms with Crippen molar-refractivity contribution in [3.8, 4) is 0 Å². The molecule has 0 atom stereocenters. The maximum absolute atomic E-state index is 13.3. The van der Waals surface area contributed by atoms with Crippen molar-refractivity contribution in [1.29, 1.82) is 0 Å². The molecule has 4 aromatic rings. The smallest absolute Gasteiger partial charge is 0.343 e. The fraction of sp³-hybridized carbons (Fsp3) is 0.130. The summed E-state index contributed by atoms with van der Waals surface area (Å²) in [6.07, 6.45) is 7.93. The monoisotopic (exact) mass is 431 g/mol. The summed E-state index contributed by atoms with van der Waals surface area (Å²) in [6, 6.07) is 13.9. The molecule has 0 saturated carbocycles. The van der Waals surface area contributed by atoms with Gasteiger partial charge in [0, 0.05) is 47.5 Å². The molecule has 0 amide bonds. The third kappa shape index (κ3) is 3.75. The lowest BCUT2D eigenvalue weighted by Crippen LogP contribution is -2.10. The minimum absolute atomic E-state index is 0.0729. The molecular weight excluding hydrogens is 414 g/mol. The number of carbonyl (C=O) groups excluding carboxylic acids is 1. The SMILES string of the molecule is Cc1ccc2c(c1)c(C(=O)c1nnc(N3C=CCC=N3)o1)cn2Cc1ccc(Cl)cc1. The number of aromatic nitrogens is 3. The van der Waals surface area contributed by atoms with E-state index in [-0.39, 0.29) is 17.7 Å². The number of ketones is 1. The number of nitrogens with zero attached hydrogens (tertiary/aromatic N) is 5. The predicted molar refractivity (Wildman–Crippen MR) is 120 cm³/mol. The van der Waals surface area contributed by atoms with Crippen molar-refractivity contribution in [2.24, 2.45) is 5.10 Å². The van der Waals surface area contributed by atoms with Crippen LogP contribution in [0.25, 0.3) is 10.9 Å². The molecule has 0 unspecified atom stereocenters. The molecule has 0 radical (unpaired) electrons. The van der Waals surface area contributed by atoms with Gasteiger partial charge in [-0.1, -0.05) is 46.5 Å². The molecule has 5 rings (SSSR count). The lowest BCUT2D eigenvalue weighted by Gasteiger charge is -2.09. The van der Waals surface area contributed by atoms with Crippen LogP contribution in [0.15, 0.2) is 70.5 Å². The molecule has 1 aliphatic heterocycles. The van der Waals surface area contributed by atoms with Crippen LogP contribution in [-0.2, 0) is 6.54 Å². The highest BCUT2D eigenvalue weighted by atomic mass is 35.5. The summed E-state index contributed by atoms with van der Waals surface area (Å²) in [4.78, 5) is 13.3. The van der Waals surface area contributed by atoms with Gasteiger partial charge in [-0.3, -0.25) is 4.79 Å². The molecule has 2 aromatic carbocycles. The highest BCUT2D eigenvalue weighted by Gasteiger charge is 2.23. The van der Waals surface area contributed by atoms with E-state index in [2.05, 4.69) is 15.3 Å². The van der Waals surface area contributed by atoms with Crippen LogP contribution in [-0.4, -0.2) is 26.8 Å². The number of anilines is 1. The fourth-order valence-electron chi connectivity index (χ4n) is 3.53. The van der Waals surface area contributed by atoms with E-state index in [1.807, 2.05) is 66.2 Å². The van der Waals surface area contributed by atoms with E-state index in [9.17, 15) is 4.79 Å². The average Bonchev–Trinajstić information content (AvgIpc) is 3.41. The maximum atomic E-state index is 13.3. The zero-order valence-electron chi connectivity index (χ0n) is 16.7. The summed E-state index contributed by atoms with van der Waals surface area (Å²) in [5.74, 6) is -0.398. The second-order valence-electron chi connectivity index (χ2n) is 7.30. The third-order valence-corrected chi connectivity index (χ3v) is 5.30. The molecule has 0 N–H and O–H groups in total. The Balaban J connectivity index is 1.52. The number of carbonyl (C=O) groups is 1. The Kier molecular flexibility index (Phi) is 4.88. The van der Waals surface area contributed by atoms with Gasteiger partial charge in [-0.2, -0.15) is 10.1 Å². The zero-order valence-corrected chi connectivity index (χ0v) is 17.5. The fourth-order valence-corrected chi connectivity index (χ4v) is 3.66. The summed E-state index contributed by atoms with van der Waals surface area (Å²) in [6.45, 7) is 2.60. The van der Waals surface area contributed by atoms with Crippen LogP contribution < -0.4 is 5.01 Å². The van der Waals surface area contributed by atoms with Crippen LogP contribution in [0.1, 0.15) is 33.8 Å². The molecule has 7 nitrogen and oxygen atoms in total. The van der Waals surface area contributed by atoms with E-state index >= 15 is 0 Å². The first-order valence-electron chi connectivity index (χ1n) is 9.79. The van der Waals surface area contributed by atoms with Gasteiger partial charge >= 0.3 is 6.01 Å². The summed E-state index contributed by atoms with van der Waals surface area (Å²) < 4.78 is 7.67. The van der Waals surface area contributed by atoms with Crippen molar-refractivity contribution < 1.29 is 9.21 Å². The van der Waals surface area contributed by atoms with Gasteiger partial charge in [-0.05, 0) is 36.8 Å². The Hall–Kier alpha value is -3.71. The average molecular weight is 432 g/mol. The molecule has 3 heterocycles. The standard InChI is InChI=1S/C23H18ClN5O2/c1-15-4-9-20-18(12-15)19(14-28(20)13-16-5-7-17(24)8-6-16)21(30)22-26-27-23(31-22)29-11-3-2-10-25-29/h3-12,14H,2,13H2,1H3. The summed E-state index contributed by atoms with van der Waals surface area (Å²) in [7, 11) is 0. The lowest BCUT2D eigenvalue weighted by atomic mass is 10.1. The highest BCUT2D eigenvalue weighted by Crippen LogP contribution is 2.27. The number of aryl methyl sites for hydroxylation is 1. The van der Waals surface area contributed by atoms with Crippen molar-refractivity contribution >= 4 is 40.5 Å². The predicted octanol–water partition coefficient (Wildman–Crippen LogP) is 4.98. The molecule has 2 aromatic heterocycles. The molecule has 0 aliphatic carbocycles. The normalized spacial score (nSPS) is 13.3. The second kappa shape index (κ2) is 7.85. The molecule has 0 fully saturated rings. The number of hydrazone groups is 1. The van der Waals surface area contributed by atoms with Gasteiger partial charge in [-0.15, -0.1) is 5.10 Å². The van der Waals surface area contributed by atoms with E-state index in [0.717, 1.165) is 28.5 Å². The van der Waals surface area contributed by atoms with Crippen LogP contribution in [0, 0.1) is 6.92 Å². The Morgan fingerprint density at radius 1 is 1.16 bits per heavy atom. The van der Waals surface area contributed by atoms with Crippen molar-refractivity contribution in [1.82, 2.24) is 14.8 Å². The summed E-state index contributed by atoms with van der Waals surface area (Å²) in [5, 5.41) is 15.1. The number of benzene rings is 2. The molecule has 8 heteroatoms. The Morgan fingerprint density at radius 3 is 2.77 bits per heavy atom. The minimum atomic E-state index is -0.325. The minimum Gasteiger partial charge on any atom is -0.398 e. The Labute approximate surface area is 183 Å². The van der Waals surface area contributed by atoms with E-state index < -0.39 is 0 Å². The largest absolute Gasteiger partial charge is 0.398 e. The number of hydrogen-bond donors (Lipinski definition) is 0. The van der Waals surface area contributed by atoms with Gasteiger partial charge in [0.1, 0.15) is 0 Å². The Bertz CT molecular complexity index is 1320. The number of allylic oxidation sites excluding steroid dienone is 1. The van der Waals surface area contributed by atoms with E-state index in [4.69, 9.17) is 16.0 Å². The first kappa shape index (κ1) is 19.3. The number of rotatable bonds is 5. The number of fused-ring (bicyclic) bond motifs is 1. The molecule has 1 aliphatic rings. The summed E-state index contributed by atoms with van der Waals surface area (Å²) in [5.41, 5.74) is 3.60. The van der Waals surface area contributed by atoms with E-state index in [1.54, 1.807) is 12.4 Å². The topological polar surface area (TPSA) is 76.5 Å². The third-order valence-electron chi connectivity index (χ3n) is 5.05. The second-order valence-corrected chi connectivity index (χ2v) is 7.74. The van der Waals surface area contributed by atoms with Gasteiger partial charge < -0.3 is 8.98 Å². The lowest BCUT2D eigenvalue weighted by molar-refractivity contribution is 0.100. The van der Waals surface area contributed by atoms with Crippen molar-refractivity contribution in [2.45, 2.75) is 19.9 Å². The van der Waals surface area contributed by atoms with Crippen LogP contribution in [0.2, 0.25) is 5.02 Å². The maximum Gasteiger partial charge on any atom is 0.343 e. The van der Waals surface area contributed by atoms with E-state index in [0.29, 0.717) is 17.1 Å². The van der Waals surface area contributed by atoms with Crippen LogP contribution in [0.5, 0.6) is 0 Å². The molecule has 154 valence electrons. The quantitative estimate of drug-likeness (QED) is 0.417. The molecular formula is C23H18ClN5O2. The molecule has 31 heavy (non-hydrogen) atoms. The number of halogens is 1. The van der Waals surface area contributed by atoms with Crippen molar-refractivity contribution in [3.05, 3.63) is 88.5 Å². The number of hydrogen-bond acceptors (Lipinski definition) is 6. The van der Waals surface area contributed by atoms with Gasteiger partial charge in [0.15, 0.2) is 0 Å². The van der Waals surface area contributed by atoms with Gasteiger partial charge in [0.25, 0.3) is 11.7 Å². The molecule has 0 bridgehead atoms. The van der Waals surface area contributed by atoms with Gasteiger partial charge in [0.05, 0.1) is 5.56 Å². The summed E-state index contributed by atoms with van der Waals surface area (Å²) >= 11 is 6.01. The first-order chi connectivity index (χ1) is 15.1. The Morgan fingerprint density at radius 2 is 2.00 bits per heavy atom. The van der Waals surface area contributed by atoms with Gasteiger partial charge in [0.2, 0.25) is 0 Å². The van der Waals surface area contributed by atoms with Crippen molar-refractivity contribution in [2.75, 3.05) is 5.01 Å². The van der Waals surface area contributed by atoms with Crippen LogP contribution in [0.3, 0.4) is 0 Å². The highest BCUT2D eigenvalue weighted by molar-refractivity contribution is 6.30. The van der Waals surface area contributed by atoms with Crippen LogP contribution in [0.4, 0.5) is 6.01 Å². The molecule has 0 spiro atoms. The van der Waals surface area contributed by atoms with Crippen molar-refractivity contribution in [3.63, 3.8) is 0 Å². The van der Waals surface area contributed by atoms with Crippen LogP contribution >= 0.6 is 11.6 Å². The first-order valence-corrected chi connectivity index (χ1v) is 10.2. The van der Waals surface area contributed by atoms with Gasteiger partial charge in [-0.25, -0.2) is 0 Å². The zero-order chi connectivity index (χ0) is 21.4.